The summed E-state index contributed by atoms with van der Waals surface area (Å²) in [6, 6.07) is 7.48. The van der Waals surface area contributed by atoms with Crippen LogP contribution in [0.1, 0.15) is 5.76 Å². The number of benzene rings is 2. The number of ether oxygens (including phenoxy) is 4. The molecule has 164 valence electrons. The first-order chi connectivity index (χ1) is 14.7. The van der Waals surface area contributed by atoms with E-state index in [2.05, 4.69) is 4.74 Å². The number of methoxy groups -OCH3 is 3. The molecule has 0 bridgehead atoms. The topological polar surface area (TPSA) is 84.2 Å². The van der Waals surface area contributed by atoms with Gasteiger partial charge >= 0.3 is 12.1 Å². The van der Waals surface area contributed by atoms with Gasteiger partial charge in [-0.15, -0.1) is 0 Å². The third-order valence-electron chi connectivity index (χ3n) is 4.29. The zero-order valence-corrected chi connectivity index (χ0v) is 16.7. The molecule has 0 unspecified atom stereocenters. The summed E-state index contributed by atoms with van der Waals surface area (Å²) in [5, 5.41) is -0.121. The van der Waals surface area contributed by atoms with Gasteiger partial charge in [0.2, 0.25) is 11.2 Å². The van der Waals surface area contributed by atoms with Crippen molar-refractivity contribution < 1.29 is 41.3 Å². The van der Waals surface area contributed by atoms with Crippen LogP contribution in [0.15, 0.2) is 45.6 Å². The number of hydrogen-bond acceptors (Lipinski definition) is 7. The summed E-state index contributed by atoms with van der Waals surface area (Å²) in [4.78, 5) is 24.6. The monoisotopic (exact) mass is 438 g/mol. The van der Waals surface area contributed by atoms with Crippen molar-refractivity contribution in [2.75, 3.05) is 27.9 Å². The Morgan fingerprint density at radius 2 is 1.71 bits per heavy atom. The van der Waals surface area contributed by atoms with Crippen LogP contribution in [0.5, 0.6) is 17.2 Å². The van der Waals surface area contributed by atoms with Crippen LogP contribution in [0.2, 0.25) is 0 Å². The third kappa shape index (κ3) is 4.48. The summed E-state index contributed by atoms with van der Waals surface area (Å²) in [6.45, 7) is -0.353. The van der Waals surface area contributed by atoms with Crippen LogP contribution in [-0.2, 0) is 15.7 Å². The molecule has 0 N–H and O–H groups in total. The van der Waals surface area contributed by atoms with Crippen molar-refractivity contribution in [2.24, 2.45) is 0 Å². The van der Waals surface area contributed by atoms with Gasteiger partial charge in [0.1, 0.15) is 17.9 Å². The van der Waals surface area contributed by atoms with E-state index in [0.717, 1.165) is 6.07 Å². The molecule has 3 aromatic rings. The molecule has 0 aliphatic rings. The van der Waals surface area contributed by atoms with Gasteiger partial charge in [-0.3, -0.25) is 4.79 Å². The number of alkyl halides is 3. The Labute approximate surface area is 173 Å². The van der Waals surface area contributed by atoms with Crippen molar-refractivity contribution in [3.63, 3.8) is 0 Å². The third-order valence-corrected chi connectivity index (χ3v) is 4.29. The summed E-state index contributed by atoms with van der Waals surface area (Å²) in [5.74, 6) is -1.91. The van der Waals surface area contributed by atoms with Gasteiger partial charge in [-0.1, -0.05) is 6.07 Å². The van der Waals surface area contributed by atoms with E-state index >= 15 is 0 Å². The molecular formula is C21H17F3O7. The summed E-state index contributed by atoms with van der Waals surface area (Å²) in [6.07, 6.45) is -4.97. The number of carbonyl (C=O) groups is 1. The smallest absolute Gasteiger partial charge is 0.450 e. The molecule has 31 heavy (non-hydrogen) atoms. The Morgan fingerprint density at radius 3 is 2.32 bits per heavy atom. The quantitative estimate of drug-likeness (QED) is 0.424. The minimum Gasteiger partial charge on any atom is -0.493 e. The molecule has 10 heteroatoms. The lowest BCUT2D eigenvalue weighted by Crippen LogP contribution is -2.17. The van der Waals surface area contributed by atoms with Gasteiger partial charge in [0.05, 0.1) is 25.2 Å². The lowest BCUT2D eigenvalue weighted by atomic mass is 10.0. The maximum atomic E-state index is 13.8. The van der Waals surface area contributed by atoms with E-state index in [-0.39, 0.29) is 40.4 Å². The number of rotatable bonds is 6. The highest BCUT2D eigenvalue weighted by atomic mass is 19.4. The van der Waals surface area contributed by atoms with E-state index in [4.69, 9.17) is 18.6 Å². The second-order valence-electron chi connectivity index (χ2n) is 6.27. The standard InChI is InChI=1S/C21H17F3O7/c1-27-10-17(25)30-12-5-6-13-15(9-12)31-20(21(22,23)24)18(19(13)26)11-4-7-14(28-2)16(8-11)29-3/h4-9H,10H2,1-3H3. The zero-order chi connectivity index (χ0) is 22.8. The van der Waals surface area contributed by atoms with Crippen molar-refractivity contribution in [3.8, 4) is 28.4 Å². The lowest BCUT2D eigenvalue weighted by Gasteiger charge is -2.15. The normalized spacial score (nSPS) is 11.4. The van der Waals surface area contributed by atoms with Crippen LogP contribution < -0.4 is 19.6 Å². The van der Waals surface area contributed by atoms with E-state index in [9.17, 15) is 22.8 Å². The fourth-order valence-electron chi connectivity index (χ4n) is 2.97. The maximum Gasteiger partial charge on any atom is 0.450 e. The van der Waals surface area contributed by atoms with Gasteiger partial charge in [-0.2, -0.15) is 13.2 Å². The Balaban J connectivity index is 2.23. The minimum absolute atomic E-state index is 0.0591. The molecule has 1 heterocycles. The number of halogens is 3. The lowest BCUT2D eigenvalue weighted by molar-refractivity contribution is -0.152. The summed E-state index contributed by atoms with van der Waals surface area (Å²) < 4.78 is 66.3. The van der Waals surface area contributed by atoms with Crippen LogP contribution in [0.25, 0.3) is 22.1 Å². The fraction of sp³-hybridized carbons (Fsp3) is 0.238. The first kappa shape index (κ1) is 22.2. The van der Waals surface area contributed by atoms with E-state index in [1.807, 2.05) is 0 Å². The first-order valence-corrected chi connectivity index (χ1v) is 8.79. The van der Waals surface area contributed by atoms with Crippen molar-refractivity contribution in [1.82, 2.24) is 0 Å². The second-order valence-corrected chi connectivity index (χ2v) is 6.27. The number of fused-ring (bicyclic) bond motifs is 1. The van der Waals surface area contributed by atoms with E-state index in [0.29, 0.717) is 0 Å². The predicted molar refractivity (Wildman–Crippen MR) is 104 cm³/mol. The molecule has 0 aliphatic carbocycles. The Bertz CT molecular complexity index is 1180. The number of esters is 1. The summed E-state index contributed by atoms with van der Waals surface area (Å²) in [5.41, 5.74) is -2.03. The molecule has 0 amide bonds. The number of hydrogen-bond donors (Lipinski definition) is 0. The molecule has 3 rings (SSSR count). The number of carbonyl (C=O) groups excluding carboxylic acids is 1. The molecule has 0 saturated heterocycles. The van der Waals surface area contributed by atoms with Gasteiger partial charge < -0.3 is 23.4 Å². The van der Waals surface area contributed by atoms with E-state index in [1.54, 1.807) is 0 Å². The highest BCUT2D eigenvalue weighted by Crippen LogP contribution is 2.40. The summed E-state index contributed by atoms with van der Waals surface area (Å²) >= 11 is 0. The molecule has 0 saturated carbocycles. The second kappa shape index (κ2) is 8.68. The molecule has 1 aromatic heterocycles. The fourth-order valence-corrected chi connectivity index (χ4v) is 2.97. The maximum absolute atomic E-state index is 13.8. The van der Waals surface area contributed by atoms with E-state index < -0.39 is 28.9 Å². The Hall–Kier alpha value is -3.53. The molecule has 0 spiro atoms. The van der Waals surface area contributed by atoms with Crippen molar-refractivity contribution in [3.05, 3.63) is 52.4 Å². The van der Waals surface area contributed by atoms with Crippen molar-refractivity contribution in [2.45, 2.75) is 6.18 Å². The Morgan fingerprint density at radius 1 is 1.00 bits per heavy atom. The van der Waals surface area contributed by atoms with Gasteiger partial charge in [0.15, 0.2) is 11.5 Å². The predicted octanol–water partition coefficient (Wildman–Crippen LogP) is 4.05. The molecule has 0 radical (unpaired) electrons. The molecular weight excluding hydrogens is 421 g/mol. The summed E-state index contributed by atoms with van der Waals surface area (Å²) in [7, 11) is 3.98. The van der Waals surface area contributed by atoms with Crippen LogP contribution >= 0.6 is 0 Å². The average molecular weight is 438 g/mol. The molecule has 7 nitrogen and oxygen atoms in total. The van der Waals surface area contributed by atoms with Gasteiger partial charge in [-0.25, -0.2) is 4.79 Å². The van der Waals surface area contributed by atoms with Crippen LogP contribution in [-0.4, -0.2) is 33.9 Å². The zero-order valence-electron chi connectivity index (χ0n) is 16.7. The highest BCUT2D eigenvalue weighted by Gasteiger charge is 2.39. The van der Waals surface area contributed by atoms with Gasteiger partial charge in [0, 0.05) is 13.2 Å². The highest BCUT2D eigenvalue weighted by molar-refractivity contribution is 5.85. The molecule has 0 aliphatic heterocycles. The van der Waals surface area contributed by atoms with Crippen molar-refractivity contribution >= 4 is 16.9 Å². The molecule has 0 fully saturated rings. The van der Waals surface area contributed by atoms with Gasteiger partial charge in [0.25, 0.3) is 0 Å². The van der Waals surface area contributed by atoms with Crippen LogP contribution in [0.4, 0.5) is 13.2 Å². The molecule has 0 atom stereocenters. The van der Waals surface area contributed by atoms with Gasteiger partial charge in [-0.05, 0) is 29.8 Å². The first-order valence-electron chi connectivity index (χ1n) is 8.79. The van der Waals surface area contributed by atoms with E-state index in [1.165, 1.54) is 51.7 Å². The molecule has 2 aromatic carbocycles. The Kier molecular flexibility index (Phi) is 6.21. The van der Waals surface area contributed by atoms with Crippen LogP contribution in [0, 0.1) is 0 Å². The van der Waals surface area contributed by atoms with Crippen LogP contribution in [0.3, 0.4) is 0 Å². The minimum atomic E-state index is -4.97. The van der Waals surface area contributed by atoms with Crippen molar-refractivity contribution in [1.29, 1.82) is 0 Å². The SMILES string of the molecule is COCC(=O)Oc1ccc2c(=O)c(-c3ccc(OC)c(OC)c3)c(C(F)(F)F)oc2c1. The average Bonchev–Trinajstić information content (AvgIpc) is 2.72. The largest absolute Gasteiger partial charge is 0.493 e.